The maximum Gasteiger partial charge on any atom is 0.326 e. The van der Waals surface area contributed by atoms with Crippen LogP contribution in [0.4, 0.5) is 0 Å². The third kappa shape index (κ3) is 4.62. The Labute approximate surface area is 112 Å². The van der Waals surface area contributed by atoms with Crippen LogP contribution in [0.3, 0.4) is 0 Å². The van der Waals surface area contributed by atoms with Crippen LogP contribution in [-0.2, 0) is 9.59 Å². The van der Waals surface area contributed by atoms with Gasteiger partial charge in [0.15, 0.2) is 0 Å². The molecule has 0 aliphatic rings. The lowest BCUT2D eigenvalue weighted by atomic mass is 10.2. The van der Waals surface area contributed by atoms with Crippen LogP contribution in [-0.4, -0.2) is 41.6 Å². The van der Waals surface area contributed by atoms with Gasteiger partial charge in [-0.15, -0.1) is 0 Å². The predicted octanol–water partition coefficient (Wildman–Crippen LogP) is 1.70. The zero-order valence-corrected chi connectivity index (χ0v) is 11.4. The molecular formula is C14H19NO4. The van der Waals surface area contributed by atoms with Gasteiger partial charge in [-0.25, -0.2) is 4.79 Å². The van der Waals surface area contributed by atoms with E-state index < -0.39 is 12.0 Å². The molecule has 104 valence electrons. The second-order valence-corrected chi connectivity index (χ2v) is 4.43. The first-order chi connectivity index (χ1) is 8.91. The van der Waals surface area contributed by atoms with Gasteiger partial charge in [0.05, 0.1) is 13.0 Å². The summed E-state index contributed by atoms with van der Waals surface area (Å²) in [6.07, 6.45) is 0.155. The number of hydrogen-bond donors (Lipinski definition) is 1. The Morgan fingerprint density at radius 3 is 2.68 bits per heavy atom. The molecule has 5 heteroatoms. The van der Waals surface area contributed by atoms with Gasteiger partial charge in [-0.05, 0) is 31.5 Å². The van der Waals surface area contributed by atoms with E-state index in [-0.39, 0.29) is 18.9 Å². The smallest absolute Gasteiger partial charge is 0.326 e. The van der Waals surface area contributed by atoms with Gasteiger partial charge >= 0.3 is 5.97 Å². The number of rotatable bonds is 6. The predicted molar refractivity (Wildman–Crippen MR) is 71.2 cm³/mol. The number of amides is 1. The Kier molecular flexibility index (Phi) is 5.36. The Balaban J connectivity index is 2.41. The summed E-state index contributed by atoms with van der Waals surface area (Å²) in [6, 6.07) is 6.71. The highest BCUT2D eigenvalue weighted by Crippen LogP contribution is 2.12. The molecule has 0 fully saturated rings. The fourth-order valence-corrected chi connectivity index (χ4v) is 1.52. The van der Waals surface area contributed by atoms with E-state index in [4.69, 9.17) is 9.84 Å². The zero-order valence-electron chi connectivity index (χ0n) is 11.4. The molecule has 0 aliphatic heterocycles. The average molecular weight is 265 g/mol. The molecule has 1 unspecified atom stereocenters. The lowest BCUT2D eigenvalue weighted by Gasteiger charge is -2.21. The summed E-state index contributed by atoms with van der Waals surface area (Å²) < 4.78 is 5.45. The van der Waals surface area contributed by atoms with Crippen LogP contribution >= 0.6 is 0 Å². The maximum absolute atomic E-state index is 11.7. The van der Waals surface area contributed by atoms with Crippen molar-refractivity contribution in [2.45, 2.75) is 26.3 Å². The second-order valence-electron chi connectivity index (χ2n) is 4.43. The number of ether oxygens (including phenoxy) is 1. The van der Waals surface area contributed by atoms with Crippen LogP contribution in [0.25, 0.3) is 0 Å². The number of aliphatic carboxylic acids is 1. The molecule has 0 saturated heterocycles. The van der Waals surface area contributed by atoms with Crippen LogP contribution < -0.4 is 4.74 Å². The van der Waals surface area contributed by atoms with Gasteiger partial charge in [-0.1, -0.05) is 12.1 Å². The number of carboxylic acid groups (broad SMARTS) is 1. The molecule has 1 atom stereocenters. The number of benzene rings is 1. The highest BCUT2D eigenvalue weighted by molar-refractivity contribution is 5.83. The van der Waals surface area contributed by atoms with E-state index in [2.05, 4.69) is 0 Å². The third-order valence-corrected chi connectivity index (χ3v) is 2.91. The van der Waals surface area contributed by atoms with Crippen molar-refractivity contribution >= 4 is 11.9 Å². The topological polar surface area (TPSA) is 66.8 Å². The number of carbonyl (C=O) groups excluding carboxylic acids is 1. The quantitative estimate of drug-likeness (QED) is 0.850. The minimum Gasteiger partial charge on any atom is -0.493 e. The molecule has 1 N–H and O–H groups in total. The summed E-state index contributed by atoms with van der Waals surface area (Å²) in [5.41, 5.74) is 1.08. The van der Waals surface area contributed by atoms with Gasteiger partial charge in [0, 0.05) is 7.05 Å². The molecule has 0 heterocycles. The minimum atomic E-state index is -1.02. The van der Waals surface area contributed by atoms with Crippen LogP contribution in [0.15, 0.2) is 24.3 Å². The number of nitrogens with zero attached hydrogens (tertiary/aromatic N) is 1. The third-order valence-electron chi connectivity index (χ3n) is 2.91. The summed E-state index contributed by atoms with van der Waals surface area (Å²) in [4.78, 5) is 23.7. The summed E-state index contributed by atoms with van der Waals surface area (Å²) >= 11 is 0. The summed E-state index contributed by atoms with van der Waals surface area (Å²) in [5, 5.41) is 8.81. The van der Waals surface area contributed by atoms with Crippen molar-refractivity contribution in [2.75, 3.05) is 13.7 Å². The second kappa shape index (κ2) is 6.78. The molecule has 0 spiro atoms. The number of likely N-dealkylation sites (N-methyl/N-ethyl adjacent to an activating group) is 1. The highest BCUT2D eigenvalue weighted by Gasteiger charge is 2.21. The van der Waals surface area contributed by atoms with Crippen molar-refractivity contribution in [2.24, 2.45) is 0 Å². The lowest BCUT2D eigenvalue weighted by molar-refractivity contribution is -0.148. The van der Waals surface area contributed by atoms with Gasteiger partial charge in [0.1, 0.15) is 11.8 Å². The Morgan fingerprint density at radius 2 is 2.11 bits per heavy atom. The van der Waals surface area contributed by atoms with E-state index in [1.54, 1.807) is 0 Å². The van der Waals surface area contributed by atoms with E-state index >= 15 is 0 Å². The van der Waals surface area contributed by atoms with Crippen molar-refractivity contribution in [1.29, 1.82) is 0 Å². The largest absolute Gasteiger partial charge is 0.493 e. The van der Waals surface area contributed by atoms with Gasteiger partial charge in [-0.2, -0.15) is 0 Å². The van der Waals surface area contributed by atoms with E-state index in [0.29, 0.717) is 5.75 Å². The molecule has 1 rings (SSSR count). The number of hydrogen-bond acceptors (Lipinski definition) is 3. The van der Waals surface area contributed by atoms with Crippen molar-refractivity contribution in [3.63, 3.8) is 0 Å². The van der Waals surface area contributed by atoms with E-state index in [1.165, 1.54) is 18.9 Å². The molecule has 0 aromatic heterocycles. The summed E-state index contributed by atoms with van der Waals surface area (Å²) in [7, 11) is 1.48. The summed E-state index contributed by atoms with van der Waals surface area (Å²) in [6.45, 7) is 3.67. The fraction of sp³-hybridized carbons (Fsp3) is 0.429. The molecule has 1 aromatic carbocycles. The number of carbonyl (C=O) groups is 2. The van der Waals surface area contributed by atoms with Gasteiger partial charge < -0.3 is 14.7 Å². The standard InChI is InChI=1S/C14H19NO4/c1-10-5-4-6-12(9-10)19-8-7-13(16)15(3)11(2)14(17)18/h4-6,9,11H,7-8H2,1-3H3,(H,17,18). The minimum absolute atomic E-state index is 0.155. The molecule has 0 saturated carbocycles. The molecular weight excluding hydrogens is 246 g/mol. The van der Waals surface area contributed by atoms with Gasteiger partial charge in [0.25, 0.3) is 0 Å². The van der Waals surface area contributed by atoms with Crippen LogP contribution in [0.5, 0.6) is 5.75 Å². The lowest BCUT2D eigenvalue weighted by Crippen LogP contribution is -2.40. The van der Waals surface area contributed by atoms with E-state index in [1.807, 2.05) is 31.2 Å². The van der Waals surface area contributed by atoms with Crippen LogP contribution in [0.2, 0.25) is 0 Å². The monoisotopic (exact) mass is 265 g/mol. The molecule has 0 bridgehead atoms. The van der Waals surface area contributed by atoms with Crippen molar-refractivity contribution in [3.05, 3.63) is 29.8 Å². The first kappa shape index (κ1) is 15.0. The molecule has 1 amide bonds. The van der Waals surface area contributed by atoms with Crippen molar-refractivity contribution in [1.82, 2.24) is 4.90 Å². The SMILES string of the molecule is Cc1cccc(OCCC(=O)N(C)C(C)C(=O)O)c1. The van der Waals surface area contributed by atoms with Gasteiger partial charge in [0.2, 0.25) is 5.91 Å². The Hall–Kier alpha value is -2.04. The molecule has 1 aromatic rings. The number of carboxylic acids is 1. The fourth-order valence-electron chi connectivity index (χ4n) is 1.52. The Bertz CT molecular complexity index is 459. The van der Waals surface area contributed by atoms with Crippen LogP contribution in [0.1, 0.15) is 18.9 Å². The first-order valence-corrected chi connectivity index (χ1v) is 6.09. The highest BCUT2D eigenvalue weighted by atomic mass is 16.5. The van der Waals surface area contributed by atoms with E-state index in [9.17, 15) is 9.59 Å². The van der Waals surface area contributed by atoms with E-state index in [0.717, 1.165) is 5.56 Å². The maximum atomic E-state index is 11.7. The molecule has 0 radical (unpaired) electrons. The average Bonchev–Trinajstić information content (AvgIpc) is 2.36. The van der Waals surface area contributed by atoms with Gasteiger partial charge in [-0.3, -0.25) is 4.79 Å². The van der Waals surface area contributed by atoms with Crippen molar-refractivity contribution < 1.29 is 19.4 Å². The molecule has 19 heavy (non-hydrogen) atoms. The van der Waals surface area contributed by atoms with Crippen molar-refractivity contribution in [3.8, 4) is 5.75 Å². The normalized spacial score (nSPS) is 11.7. The Morgan fingerprint density at radius 1 is 1.42 bits per heavy atom. The first-order valence-electron chi connectivity index (χ1n) is 6.09. The molecule has 5 nitrogen and oxygen atoms in total. The zero-order chi connectivity index (χ0) is 14.4. The summed E-state index contributed by atoms with van der Waals surface area (Å²) in [5.74, 6) is -0.556. The van der Waals surface area contributed by atoms with Crippen LogP contribution in [0, 0.1) is 6.92 Å². The number of aryl methyl sites for hydroxylation is 1. The molecule has 0 aliphatic carbocycles.